The van der Waals surface area contributed by atoms with E-state index in [-0.39, 0.29) is 11.3 Å². The number of rotatable bonds is 5. The lowest BCUT2D eigenvalue weighted by molar-refractivity contribution is -0.119. The molecule has 1 aliphatic heterocycles. The van der Waals surface area contributed by atoms with Crippen molar-refractivity contribution in [1.29, 1.82) is 0 Å². The van der Waals surface area contributed by atoms with Gasteiger partial charge in [0.05, 0.1) is 0 Å². The molecule has 3 N–H and O–H groups in total. The van der Waals surface area contributed by atoms with Crippen LogP contribution in [-0.2, 0) is 9.53 Å². The third kappa shape index (κ3) is 4.24. The second-order valence-electron chi connectivity index (χ2n) is 6.07. The Bertz CT molecular complexity index is 798. The number of amides is 1. The van der Waals surface area contributed by atoms with Crippen LogP contribution in [0, 0.1) is 0 Å². The smallest absolute Gasteiger partial charge is 0.342 e. The Hall–Kier alpha value is -3.22. The molecule has 0 atom stereocenters. The summed E-state index contributed by atoms with van der Waals surface area (Å²) >= 11 is 0. The van der Waals surface area contributed by atoms with E-state index in [9.17, 15) is 19.8 Å². The Morgan fingerprint density at radius 1 is 1.04 bits per heavy atom. The van der Waals surface area contributed by atoms with Crippen LogP contribution >= 0.6 is 0 Å². The zero-order valence-corrected chi connectivity index (χ0v) is 14.1. The van der Waals surface area contributed by atoms with E-state index in [4.69, 9.17) is 4.74 Å². The van der Waals surface area contributed by atoms with Gasteiger partial charge in [-0.15, -0.1) is 0 Å². The molecule has 7 nitrogen and oxygen atoms in total. The van der Waals surface area contributed by atoms with Crippen molar-refractivity contribution >= 4 is 23.3 Å². The fourth-order valence-electron chi connectivity index (χ4n) is 2.83. The number of esters is 1. The van der Waals surface area contributed by atoms with E-state index in [1.54, 1.807) is 12.1 Å². The monoisotopic (exact) mass is 356 g/mol. The highest BCUT2D eigenvalue weighted by molar-refractivity contribution is 5.96. The van der Waals surface area contributed by atoms with Gasteiger partial charge in [-0.2, -0.15) is 0 Å². The first-order chi connectivity index (χ1) is 12.5. The van der Waals surface area contributed by atoms with Crippen molar-refractivity contribution in [3.8, 4) is 11.5 Å². The van der Waals surface area contributed by atoms with E-state index < -0.39 is 24.2 Å². The lowest BCUT2D eigenvalue weighted by Gasteiger charge is -2.17. The summed E-state index contributed by atoms with van der Waals surface area (Å²) in [6.45, 7) is 1.62. The van der Waals surface area contributed by atoms with Crippen LogP contribution in [0.4, 0.5) is 11.4 Å². The number of ether oxygens (including phenoxy) is 1. The second kappa shape index (κ2) is 7.77. The SMILES string of the molecule is O=C(COC(=O)c1ccc(O)cc1O)Nc1ccc(N2CCCC2)cc1. The molecular formula is C19H20N2O5. The van der Waals surface area contributed by atoms with Gasteiger partial charge in [-0.1, -0.05) is 0 Å². The van der Waals surface area contributed by atoms with Gasteiger partial charge in [0.1, 0.15) is 17.1 Å². The van der Waals surface area contributed by atoms with Crippen LogP contribution in [0.25, 0.3) is 0 Å². The lowest BCUT2D eigenvalue weighted by Crippen LogP contribution is -2.21. The molecule has 3 rings (SSSR count). The molecule has 7 heteroatoms. The minimum atomic E-state index is -0.845. The molecule has 0 aliphatic carbocycles. The molecule has 0 bridgehead atoms. The van der Waals surface area contributed by atoms with Gasteiger partial charge >= 0.3 is 5.97 Å². The van der Waals surface area contributed by atoms with Gasteiger partial charge in [-0.25, -0.2) is 4.79 Å². The zero-order chi connectivity index (χ0) is 18.5. The first-order valence-electron chi connectivity index (χ1n) is 8.37. The Labute approximate surface area is 150 Å². The molecule has 0 unspecified atom stereocenters. The molecule has 1 aliphatic rings. The summed E-state index contributed by atoms with van der Waals surface area (Å²) in [6.07, 6.45) is 2.39. The first-order valence-corrected chi connectivity index (χ1v) is 8.37. The molecule has 1 fully saturated rings. The van der Waals surface area contributed by atoms with Crippen LogP contribution in [0.1, 0.15) is 23.2 Å². The number of phenols is 2. The van der Waals surface area contributed by atoms with Crippen molar-refractivity contribution in [2.45, 2.75) is 12.8 Å². The number of phenolic OH excluding ortho intramolecular Hbond substituents is 2. The molecule has 2 aromatic rings. The summed E-state index contributed by atoms with van der Waals surface area (Å²) in [6, 6.07) is 11.0. The van der Waals surface area contributed by atoms with Crippen molar-refractivity contribution < 1.29 is 24.5 Å². The molecule has 1 saturated heterocycles. The van der Waals surface area contributed by atoms with E-state index in [2.05, 4.69) is 10.2 Å². The summed E-state index contributed by atoms with van der Waals surface area (Å²) in [5, 5.41) is 21.5. The molecular weight excluding hydrogens is 336 g/mol. The predicted octanol–water partition coefficient (Wildman–Crippen LogP) is 2.49. The molecule has 0 radical (unpaired) electrons. The summed E-state index contributed by atoms with van der Waals surface area (Å²) in [5.74, 6) is -1.91. The maximum absolute atomic E-state index is 11.9. The van der Waals surface area contributed by atoms with Crippen LogP contribution in [0.2, 0.25) is 0 Å². The minimum absolute atomic E-state index is 0.120. The normalized spacial score (nSPS) is 13.5. The fourth-order valence-corrected chi connectivity index (χ4v) is 2.83. The standard InChI is InChI=1S/C19H20N2O5/c22-15-7-8-16(17(23)11-15)19(25)26-12-18(24)20-13-3-5-14(6-4-13)21-9-1-2-10-21/h3-8,11,22-23H,1-2,9-10,12H2,(H,20,24). The summed E-state index contributed by atoms with van der Waals surface area (Å²) in [4.78, 5) is 26.1. The number of nitrogens with one attached hydrogen (secondary N) is 1. The molecule has 136 valence electrons. The van der Waals surface area contributed by atoms with E-state index in [0.29, 0.717) is 5.69 Å². The van der Waals surface area contributed by atoms with Crippen LogP contribution in [0.3, 0.4) is 0 Å². The van der Waals surface area contributed by atoms with Crippen molar-refractivity contribution in [1.82, 2.24) is 0 Å². The number of hydrogen-bond acceptors (Lipinski definition) is 6. The second-order valence-corrected chi connectivity index (χ2v) is 6.07. The first kappa shape index (κ1) is 17.6. The number of aromatic hydroxyl groups is 2. The highest BCUT2D eigenvalue weighted by Gasteiger charge is 2.15. The molecule has 2 aromatic carbocycles. The average molecular weight is 356 g/mol. The molecule has 26 heavy (non-hydrogen) atoms. The van der Waals surface area contributed by atoms with Crippen molar-refractivity contribution in [3.05, 3.63) is 48.0 Å². The van der Waals surface area contributed by atoms with Crippen LogP contribution in [0.15, 0.2) is 42.5 Å². The van der Waals surface area contributed by atoms with Crippen molar-refractivity contribution in [3.63, 3.8) is 0 Å². The third-order valence-electron chi connectivity index (χ3n) is 4.16. The van der Waals surface area contributed by atoms with Crippen molar-refractivity contribution in [2.24, 2.45) is 0 Å². The number of benzene rings is 2. The van der Waals surface area contributed by atoms with Gasteiger partial charge < -0.3 is 25.2 Å². The third-order valence-corrected chi connectivity index (χ3v) is 4.16. The van der Waals surface area contributed by atoms with E-state index >= 15 is 0 Å². The van der Waals surface area contributed by atoms with Gasteiger partial charge in [-0.05, 0) is 49.2 Å². The van der Waals surface area contributed by atoms with E-state index in [1.807, 2.05) is 12.1 Å². The summed E-state index contributed by atoms with van der Waals surface area (Å²) in [5.41, 5.74) is 1.61. The number of carbonyl (C=O) groups is 2. The maximum Gasteiger partial charge on any atom is 0.342 e. The summed E-state index contributed by atoms with van der Waals surface area (Å²) in [7, 11) is 0. The highest BCUT2D eigenvalue weighted by Crippen LogP contribution is 2.24. The molecule has 0 spiro atoms. The topological polar surface area (TPSA) is 99.1 Å². The quantitative estimate of drug-likeness (QED) is 0.712. The zero-order valence-electron chi connectivity index (χ0n) is 14.1. The van der Waals surface area contributed by atoms with E-state index in [0.717, 1.165) is 24.8 Å². The molecule has 0 saturated carbocycles. The number of nitrogens with zero attached hydrogens (tertiary/aromatic N) is 1. The van der Waals surface area contributed by atoms with Crippen LogP contribution in [0.5, 0.6) is 11.5 Å². The Kier molecular flexibility index (Phi) is 5.26. The molecule has 0 aromatic heterocycles. The number of hydrogen-bond donors (Lipinski definition) is 3. The molecule has 1 heterocycles. The van der Waals surface area contributed by atoms with Crippen LogP contribution in [-0.4, -0.2) is 41.8 Å². The van der Waals surface area contributed by atoms with Gasteiger partial charge in [0, 0.05) is 30.5 Å². The van der Waals surface area contributed by atoms with Crippen molar-refractivity contribution in [2.75, 3.05) is 29.9 Å². The van der Waals surface area contributed by atoms with Gasteiger partial charge in [-0.3, -0.25) is 4.79 Å². The Morgan fingerprint density at radius 3 is 2.38 bits per heavy atom. The molecule has 1 amide bonds. The number of carbonyl (C=O) groups excluding carboxylic acids is 2. The lowest BCUT2D eigenvalue weighted by atomic mass is 10.2. The van der Waals surface area contributed by atoms with Crippen LogP contribution < -0.4 is 10.2 Å². The highest BCUT2D eigenvalue weighted by atomic mass is 16.5. The average Bonchev–Trinajstić information content (AvgIpc) is 3.15. The van der Waals surface area contributed by atoms with Gasteiger partial charge in [0.15, 0.2) is 6.61 Å². The van der Waals surface area contributed by atoms with Gasteiger partial charge in [0.25, 0.3) is 5.91 Å². The largest absolute Gasteiger partial charge is 0.508 e. The Balaban J connectivity index is 1.51. The van der Waals surface area contributed by atoms with Gasteiger partial charge in [0.2, 0.25) is 0 Å². The summed E-state index contributed by atoms with van der Waals surface area (Å²) < 4.78 is 4.89. The predicted molar refractivity (Wildman–Crippen MR) is 96.6 cm³/mol. The maximum atomic E-state index is 11.9. The fraction of sp³-hybridized carbons (Fsp3) is 0.263. The number of anilines is 2. The minimum Gasteiger partial charge on any atom is -0.508 e. The Morgan fingerprint density at radius 2 is 1.73 bits per heavy atom. The van der Waals surface area contributed by atoms with E-state index in [1.165, 1.54) is 25.0 Å².